The minimum absolute atomic E-state index is 0.110. The number of carbonyl (C=O) groups excluding carboxylic acids is 3. The lowest BCUT2D eigenvalue weighted by atomic mass is 9.93. The second kappa shape index (κ2) is 10.7. The molecule has 0 unspecified atom stereocenters. The maximum Gasteiger partial charge on any atom is 0.331 e. The summed E-state index contributed by atoms with van der Waals surface area (Å²) in [7, 11) is 1.48. The van der Waals surface area contributed by atoms with Crippen molar-refractivity contribution in [3.63, 3.8) is 0 Å². The lowest BCUT2D eigenvalue weighted by Gasteiger charge is -2.35. The first-order valence-corrected chi connectivity index (χ1v) is 12.1. The Bertz CT molecular complexity index is 1240. The van der Waals surface area contributed by atoms with Crippen LogP contribution in [0.4, 0.5) is 4.79 Å². The smallest absolute Gasteiger partial charge is 0.331 e. The van der Waals surface area contributed by atoms with Crippen LogP contribution in [0.15, 0.2) is 46.4 Å². The molecule has 0 aromatic heterocycles. The van der Waals surface area contributed by atoms with Gasteiger partial charge < -0.3 is 9.47 Å². The van der Waals surface area contributed by atoms with Crippen molar-refractivity contribution in [2.45, 2.75) is 44.8 Å². The van der Waals surface area contributed by atoms with Crippen LogP contribution in [0.25, 0.3) is 6.08 Å². The van der Waals surface area contributed by atoms with Crippen LogP contribution in [0, 0.1) is 11.3 Å². The number of rotatable bonds is 6. The zero-order valence-corrected chi connectivity index (χ0v) is 20.8. The van der Waals surface area contributed by atoms with Crippen LogP contribution in [0.3, 0.4) is 0 Å². The van der Waals surface area contributed by atoms with Crippen molar-refractivity contribution in [1.82, 2.24) is 10.2 Å². The van der Waals surface area contributed by atoms with Crippen molar-refractivity contribution >= 4 is 39.9 Å². The molecule has 2 fully saturated rings. The Morgan fingerprint density at radius 1 is 1.17 bits per heavy atom. The summed E-state index contributed by atoms with van der Waals surface area (Å²) in [6.45, 7) is 0.151. The highest BCUT2D eigenvalue weighted by Gasteiger charge is 2.40. The Kier molecular flexibility index (Phi) is 7.51. The van der Waals surface area contributed by atoms with E-state index in [4.69, 9.17) is 9.47 Å². The lowest BCUT2D eigenvalue weighted by molar-refractivity contribution is -0.132. The average molecular weight is 538 g/mol. The molecule has 1 heterocycles. The molecule has 2 aliphatic rings. The van der Waals surface area contributed by atoms with Crippen LogP contribution in [0.1, 0.15) is 48.8 Å². The Labute approximate surface area is 211 Å². The van der Waals surface area contributed by atoms with Crippen LogP contribution in [0.2, 0.25) is 0 Å². The largest absolute Gasteiger partial charge is 0.493 e. The molecule has 2 aromatic rings. The van der Waals surface area contributed by atoms with E-state index in [1.54, 1.807) is 24.3 Å². The number of nitrogens with zero attached hydrogens (tertiary/aromatic N) is 2. The van der Waals surface area contributed by atoms with Gasteiger partial charge in [0.25, 0.3) is 11.8 Å². The van der Waals surface area contributed by atoms with E-state index in [9.17, 15) is 19.6 Å². The number of amides is 4. The molecule has 1 aliphatic carbocycles. The van der Waals surface area contributed by atoms with Crippen molar-refractivity contribution in [2.24, 2.45) is 0 Å². The number of nitriles is 1. The fraction of sp³-hybridized carbons (Fsp3) is 0.308. The molecule has 0 bridgehead atoms. The molecule has 0 radical (unpaired) electrons. The summed E-state index contributed by atoms with van der Waals surface area (Å²) in [5.41, 5.74) is 1.66. The molecule has 1 saturated heterocycles. The molecule has 1 aliphatic heterocycles. The number of barbiturate groups is 1. The number of urea groups is 1. The van der Waals surface area contributed by atoms with Crippen molar-refractivity contribution in [3.8, 4) is 17.6 Å². The molecule has 4 rings (SSSR count). The average Bonchev–Trinajstić information content (AvgIpc) is 2.86. The zero-order valence-electron chi connectivity index (χ0n) is 19.2. The number of imide groups is 2. The SMILES string of the molecule is COc1cc(C=C2C(=O)NC(=O)N(C3CCCCC3)C2=O)cc(Br)c1OCc1ccccc1C#N. The van der Waals surface area contributed by atoms with Gasteiger partial charge in [0.15, 0.2) is 11.5 Å². The highest BCUT2D eigenvalue weighted by atomic mass is 79.9. The van der Waals surface area contributed by atoms with E-state index in [0.29, 0.717) is 27.1 Å². The number of hydrogen-bond donors (Lipinski definition) is 1. The molecule has 2 aromatic carbocycles. The third-order valence-corrected chi connectivity index (χ3v) is 6.73. The Balaban J connectivity index is 1.61. The van der Waals surface area contributed by atoms with Crippen molar-refractivity contribution in [2.75, 3.05) is 7.11 Å². The molecular weight excluding hydrogens is 514 g/mol. The molecule has 9 heteroatoms. The maximum atomic E-state index is 13.2. The Morgan fingerprint density at radius 2 is 1.91 bits per heavy atom. The minimum Gasteiger partial charge on any atom is -0.493 e. The summed E-state index contributed by atoms with van der Waals surface area (Å²) in [6.07, 6.45) is 5.88. The second-order valence-corrected chi connectivity index (χ2v) is 9.23. The zero-order chi connectivity index (χ0) is 24.9. The van der Waals surface area contributed by atoms with Crippen LogP contribution in [-0.4, -0.2) is 35.9 Å². The topological polar surface area (TPSA) is 109 Å². The lowest BCUT2D eigenvalue weighted by Crippen LogP contribution is -2.58. The molecule has 4 amide bonds. The van der Waals surface area contributed by atoms with E-state index in [0.717, 1.165) is 37.7 Å². The normalized spacial score (nSPS) is 17.8. The van der Waals surface area contributed by atoms with Crippen molar-refractivity contribution in [3.05, 3.63) is 63.1 Å². The fourth-order valence-electron chi connectivity index (χ4n) is 4.38. The predicted molar refractivity (Wildman–Crippen MR) is 131 cm³/mol. The first kappa shape index (κ1) is 24.5. The van der Waals surface area contributed by atoms with Crippen molar-refractivity contribution in [1.29, 1.82) is 5.26 Å². The van der Waals surface area contributed by atoms with Gasteiger partial charge in [-0.1, -0.05) is 37.5 Å². The monoisotopic (exact) mass is 537 g/mol. The highest BCUT2D eigenvalue weighted by molar-refractivity contribution is 9.10. The van der Waals surface area contributed by atoms with Gasteiger partial charge >= 0.3 is 6.03 Å². The van der Waals surface area contributed by atoms with Gasteiger partial charge in [0.05, 0.1) is 23.2 Å². The van der Waals surface area contributed by atoms with Gasteiger partial charge in [-0.3, -0.25) is 19.8 Å². The number of ether oxygens (including phenoxy) is 2. The first-order valence-electron chi connectivity index (χ1n) is 11.3. The summed E-state index contributed by atoms with van der Waals surface area (Å²) in [5.74, 6) is -0.518. The summed E-state index contributed by atoms with van der Waals surface area (Å²) in [5, 5.41) is 11.6. The van der Waals surface area contributed by atoms with Gasteiger partial charge in [-0.25, -0.2) is 4.79 Å². The third-order valence-electron chi connectivity index (χ3n) is 6.15. The standard InChI is InChI=1S/C26H24BrN3O5/c1-34-22-13-16(12-21(27)23(22)35-15-18-8-6-5-7-17(18)14-28)11-20-24(31)29-26(33)30(25(20)32)19-9-3-2-4-10-19/h5-8,11-13,19H,2-4,9-10,15H2,1H3,(H,29,31,33). The quantitative estimate of drug-likeness (QED) is 0.422. The number of hydrogen-bond acceptors (Lipinski definition) is 6. The van der Waals surface area contributed by atoms with Crippen LogP contribution >= 0.6 is 15.9 Å². The van der Waals surface area contributed by atoms with Crippen LogP contribution in [-0.2, 0) is 16.2 Å². The van der Waals surface area contributed by atoms with Gasteiger partial charge in [-0.05, 0) is 58.6 Å². The molecule has 35 heavy (non-hydrogen) atoms. The van der Waals surface area contributed by atoms with Gasteiger partial charge in [0.1, 0.15) is 12.2 Å². The van der Waals surface area contributed by atoms with Gasteiger partial charge in [0, 0.05) is 11.6 Å². The minimum atomic E-state index is -0.726. The molecular formula is C26H24BrN3O5. The molecule has 180 valence electrons. The molecule has 1 saturated carbocycles. The molecule has 8 nitrogen and oxygen atoms in total. The van der Waals surface area contributed by atoms with Gasteiger partial charge in [-0.15, -0.1) is 0 Å². The summed E-state index contributed by atoms with van der Waals surface area (Å²) in [6, 6.07) is 11.7. The number of carbonyl (C=O) groups is 3. The van der Waals surface area contributed by atoms with E-state index in [1.807, 2.05) is 12.1 Å². The summed E-state index contributed by atoms with van der Waals surface area (Å²) < 4.78 is 12.0. The van der Waals surface area contributed by atoms with E-state index in [2.05, 4.69) is 27.3 Å². The van der Waals surface area contributed by atoms with E-state index < -0.39 is 17.8 Å². The second-order valence-electron chi connectivity index (χ2n) is 8.38. The van der Waals surface area contributed by atoms with Crippen LogP contribution in [0.5, 0.6) is 11.5 Å². The van der Waals surface area contributed by atoms with E-state index in [-0.39, 0.29) is 18.2 Å². The Hall–Kier alpha value is -3.64. The molecule has 0 spiro atoms. The van der Waals surface area contributed by atoms with Crippen LogP contribution < -0.4 is 14.8 Å². The van der Waals surface area contributed by atoms with E-state index >= 15 is 0 Å². The number of halogens is 1. The summed E-state index contributed by atoms with van der Waals surface area (Å²) >= 11 is 3.48. The van der Waals surface area contributed by atoms with Gasteiger partial charge in [0.2, 0.25) is 0 Å². The number of benzene rings is 2. The maximum absolute atomic E-state index is 13.2. The number of nitrogens with one attached hydrogen (secondary N) is 1. The third kappa shape index (κ3) is 5.23. The van der Waals surface area contributed by atoms with Crippen molar-refractivity contribution < 1.29 is 23.9 Å². The molecule has 1 N–H and O–H groups in total. The predicted octanol–water partition coefficient (Wildman–Crippen LogP) is 4.70. The first-order chi connectivity index (χ1) is 16.9. The fourth-order valence-corrected chi connectivity index (χ4v) is 4.95. The molecule has 0 atom stereocenters. The summed E-state index contributed by atoms with van der Waals surface area (Å²) in [4.78, 5) is 39.3. The van der Waals surface area contributed by atoms with Gasteiger partial charge in [-0.2, -0.15) is 5.26 Å². The number of methoxy groups -OCH3 is 1. The van der Waals surface area contributed by atoms with E-state index in [1.165, 1.54) is 18.1 Å². The Morgan fingerprint density at radius 3 is 2.63 bits per heavy atom. The highest BCUT2D eigenvalue weighted by Crippen LogP contribution is 2.38.